The summed E-state index contributed by atoms with van der Waals surface area (Å²) < 4.78 is 5.87. The lowest BCUT2D eigenvalue weighted by Crippen LogP contribution is -3.09. The summed E-state index contributed by atoms with van der Waals surface area (Å²) >= 11 is 0. The van der Waals surface area contributed by atoms with Crippen molar-refractivity contribution < 1.29 is 20.1 Å². The monoisotopic (exact) mass is 374 g/mol. The fourth-order valence-corrected chi connectivity index (χ4v) is 4.87. The van der Waals surface area contributed by atoms with Crippen LogP contribution in [-0.2, 0) is 4.74 Å². The number of rotatable bonds is 10. The maximum absolute atomic E-state index is 10.3. The number of hydrogen-bond donors (Lipinski definition) is 3. The Hall–Kier alpha value is -1.20. The molecule has 2 bridgehead atoms. The highest BCUT2D eigenvalue weighted by Crippen LogP contribution is 2.59. The van der Waals surface area contributed by atoms with E-state index in [4.69, 9.17) is 4.74 Å². The summed E-state index contributed by atoms with van der Waals surface area (Å²) in [5, 5.41) is 12.5. The number of aliphatic hydroxyl groups is 1. The van der Waals surface area contributed by atoms with Crippen molar-refractivity contribution in [3.63, 3.8) is 0 Å². The van der Waals surface area contributed by atoms with Crippen molar-refractivity contribution >= 4 is 0 Å². The molecular weight excluding hydrogens is 336 g/mol. The lowest BCUT2D eigenvalue weighted by Gasteiger charge is -2.56. The summed E-state index contributed by atoms with van der Waals surface area (Å²) in [6.07, 6.45) is 4.50. The first-order valence-electron chi connectivity index (χ1n) is 10.5. The van der Waals surface area contributed by atoms with Gasteiger partial charge in [-0.25, -0.2) is 0 Å². The van der Waals surface area contributed by atoms with Crippen LogP contribution in [0.2, 0.25) is 0 Å². The van der Waals surface area contributed by atoms with E-state index in [1.165, 1.54) is 28.9 Å². The van der Waals surface area contributed by atoms with Gasteiger partial charge in [0.2, 0.25) is 0 Å². The molecule has 4 nitrogen and oxygen atoms in total. The van der Waals surface area contributed by atoms with Gasteiger partial charge in [0, 0.05) is 5.56 Å². The molecule has 0 unspecified atom stereocenters. The summed E-state index contributed by atoms with van der Waals surface area (Å²) in [7, 11) is 4.38. The van der Waals surface area contributed by atoms with E-state index in [0.29, 0.717) is 37.1 Å². The SMILES string of the molecule is C[NH+](C)[C@@H](C[NH2+]C[C@@H](O)COCC1=CC[C@@H]2C[C@H]1C2(C)C)c1ccccc1. The molecule has 0 radical (unpaired) electrons. The molecule has 4 N–H and O–H groups in total. The minimum Gasteiger partial charge on any atom is -0.385 e. The highest BCUT2D eigenvalue weighted by molar-refractivity contribution is 5.23. The number of ether oxygens (including phenoxy) is 1. The number of nitrogens with two attached hydrogens (primary N) is 1. The van der Waals surface area contributed by atoms with E-state index in [0.717, 1.165) is 12.5 Å². The average molecular weight is 375 g/mol. The zero-order valence-electron chi connectivity index (χ0n) is 17.4. The first-order chi connectivity index (χ1) is 12.9. The minimum absolute atomic E-state index is 0.412. The maximum atomic E-state index is 10.3. The van der Waals surface area contributed by atoms with Crippen LogP contribution in [-0.4, -0.2) is 51.6 Å². The van der Waals surface area contributed by atoms with Gasteiger partial charge in [-0.3, -0.25) is 0 Å². The molecule has 0 amide bonds. The second kappa shape index (κ2) is 8.87. The van der Waals surface area contributed by atoms with Crippen LogP contribution in [0.1, 0.15) is 38.3 Å². The number of aliphatic hydroxyl groups excluding tert-OH is 1. The summed E-state index contributed by atoms with van der Waals surface area (Å²) in [5.74, 6) is 1.55. The van der Waals surface area contributed by atoms with Crippen molar-refractivity contribution in [2.24, 2.45) is 17.3 Å². The fraction of sp³-hybridized carbons (Fsp3) is 0.652. The van der Waals surface area contributed by atoms with Gasteiger partial charge >= 0.3 is 0 Å². The number of hydrogen-bond acceptors (Lipinski definition) is 2. The third-order valence-electron chi connectivity index (χ3n) is 6.90. The molecule has 0 saturated heterocycles. The standard InChI is InChI=1S/C23H36N2O2/c1-23(2)19-11-10-18(21(23)12-19)15-27-16-20(26)13-24-14-22(25(3)4)17-8-6-5-7-9-17/h5-10,19-22,24,26H,11-16H2,1-4H3/p+2/t19-,20-,21-,22+/m1/s1. The predicted octanol–water partition coefficient (Wildman–Crippen LogP) is 0.806. The normalized spacial score (nSPS) is 25.6. The van der Waals surface area contributed by atoms with Crippen LogP contribution in [0.4, 0.5) is 0 Å². The van der Waals surface area contributed by atoms with Crippen LogP contribution in [0.25, 0.3) is 0 Å². The molecule has 1 fully saturated rings. The second-order valence-corrected chi connectivity index (χ2v) is 9.29. The van der Waals surface area contributed by atoms with E-state index in [2.05, 4.69) is 69.7 Å². The largest absolute Gasteiger partial charge is 0.385 e. The number of nitrogens with one attached hydrogen (secondary N) is 1. The van der Waals surface area contributed by atoms with Crippen molar-refractivity contribution in [1.29, 1.82) is 0 Å². The summed E-state index contributed by atoms with van der Waals surface area (Å²) in [5.41, 5.74) is 3.25. The third-order valence-corrected chi connectivity index (χ3v) is 6.90. The van der Waals surface area contributed by atoms with Gasteiger partial charge in [0.25, 0.3) is 0 Å². The van der Waals surface area contributed by atoms with Crippen molar-refractivity contribution in [2.45, 2.75) is 38.8 Å². The van der Waals surface area contributed by atoms with E-state index in [9.17, 15) is 5.11 Å². The molecule has 3 aliphatic rings. The van der Waals surface area contributed by atoms with Crippen molar-refractivity contribution in [1.82, 2.24) is 0 Å². The number of allylic oxidation sites excluding steroid dienone is 1. The van der Waals surface area contributed by atoms with Crippen LogP contribution in [0.15, 0.2) is 42.0 Å². The Kier molecular flexibility index (Phi) is 6.74. The van der Waals surface area contributed by atoms with Crippen LogP contribution in [0.3, 0.4) is 0 Å². The van der Waals surface area contributed by atoms with Crippen LogP contribution < -0.4 is 10.2 Å². The van der Waals surface area contributed by atoms with E-state index in [-0.39, 0.29) is 0 Å². The second-order valence-electron chi connectivity index (χ2n) is 9.29. The molecule has 4 heteroatoms. The highest BCUT2D eigenvalue weighted by Gasteiger charge is 2.50. The van der Waals surface area contributed by atoms with Gasteiger partial charge in [0.1, 0.15) is 19.2 Å². The van der Waals surface area contributed by atoms with Crippen molar-refractivity contribution in [3.05, 3.63) is 47.5 Å². The lowest BCUT2D eigenvalue weighted by molar-refractivity contribution is -0.909. The van der Waals surface area contributed by atoms with E-state index >= 15 is 0 Å². The predicted molar refractivity (Wildman–Crippen MR) is 109 cm³/mol. The molecular formula is C23H38N2O2+2. The Morgan fingerprint density at radius 3 is 2.59 bits per heavy atom. The zero-order valence-corrected chi connectivity index (χ0v) is 17.4. The molecule has 1 aromatic carbocycles. The van der Waals surface area contributed by atoms with Crippen LogP contribution >= 0.6 is 0 Å². The molecule has 0 aromatic heterocycles. The molecule has 0 aliphatic heterocycles. The highest BCUT2D eigenvalue weighted by atomic mass is 16.5. The van der Waals surface area contributed by atoms with Gasteiger partial charge in [-0.1, -0.05) is 50.3 Å². The molecule has 1 aromatic rings. The minimum atomic E-state index is -0.412. The molecule has 150 valence electrons. The molecule has 27 heavy (non-hydrogen) atoms. The Morgan fingerprint density at radius 2 is 1.96 bits per heavy atom. The average Bonchev–Trinajstić information content (AvgIpc) is 2.65. The number of benzene rings is 1. The first-order valence-corrected chi connectivity index (χ1v) is 10.5. The number of likely N-dealkylation sites (N-methyl/N-ethyl adjacent to an activating group) is 1. The van der Waals surface area contributed by atoms with Crippen LogP contribution in [0.5, 0.6) is 0 Å². The van der Waals surface area contributed by atoms with E-state index in [1.54, 1.807) is 0 Å². The molecule has 4 atom stereocenters. The summed E-state index contributed by atoms with van der Waals surface area (Å²) in [6.45, 7) is 7.54. The first kappa shape index (κ1) is 20.5. The Bertz CT molecular complexity index is 627. The van der Waals surface area contributed by atoms with Gasteiger partial charge in [0.15, 0.2) is 6.04 Å². The number of quaternary nitrogens is 2. The topological polar surface area (TPSA) is 50.5 Å². The quantitative estimate of drug-likeness (QED) is 0.531. The van der Waals surface area contributed by atoms with Gasteiger partial charge in [-0.05, 0) is 35.7 Å². The van der Waals surface area contributed by atoms with E-state index < -0.39 is 6.10 Å². The molecule has 0 heterocycles. The maximum Gasteiger partial charge on any atom is 0.162 e. The summed E-state index contributed by atoms with van der Waals surface area (Å²) in [4.78, 5) is 1.41. The molecule has 1 saturated carbocycles. The van der Waals surface area contributed by atoms with Gasteiger partial charge in [0.05, 0.1) is 27.3 Å². The van der Waals surface area contributed by atoms with Gasteiger partial charge in [-0.2, -0.15) is 0 Å². The Balaban J connectivity index is 1.36. The van der Waals surface area contributed by atoms with Crippen molar-refractivity contribution in [2.75, 3.05) is 40.4 Å². The number of fused-ring (bicyclic) bond motifs is 1. The smallest absolute Gasteiger partial charge is 0.162 e. The third kappa shape index (κ3) is 4.80. The Morgan fingerprint density at radius 1 is 1.22 bits per heavy atom. The van der Waals surface area contributed by atoms with E-state index in [1.807, 2.05) is 0 Å². The van der Waals surface area contributed by atoms with Crippen molar-refractivity contribution in [3.8, 4) is 0 Å². The molecule has 4 rings (SSSR count). The summed E-state index contributed by atoms with van der Waals surface area (Å²) in [6, 6.07) is 11.1. The molecule has 0 spiro atoms. The lowest BCUT2D eigenvalue weighted by atomic mass is 9.49. The zero-order chi connectivity index (χ0) is 19.4. The molecule has 3 aliphatic carbocycles. The Labute approximate surface area is 164 Å². The van der Waals surface area contributed by atoms with Crippen LogP contribution in [0, 0.1) is 17.3 Å². The van der Waals surface area contributed by atoms with Gasteiger partial charge in [-0.15, -0.1) is 0 Å². The fourth-order valence-electron chi connectivity index (χ4n) is 4.87. The van der Waals surface area contributed by atoms with Gasteiger partial charge < -0.3 is 20.1 Å².